The average molecular weight is 397 g/mol. The molecule has 0 bridgehead atoms. The van der Waals surface area contributed by atoms with Crippen molar-refractivity contribution in [1.29, 1.82) is 0 Å². The number of benzene rings is 1. The lowest BCUT2D eigenvalue weighted by Crippen LogP contribution is -2.36. The van der Waals surface area contributed by atoms with E-state index in [9.17, 15) is 9.59 Å². The molecule has 1 aromatic heterocycles. The Kier molecular flexibility index (Phi) is 6.08. The first-order chi connectivity index (χ1) is 13.8. The third-order valence-corrected chi connectivity index (χ3v) is 4.97. The molecule has 0 saturated heterocycles. The maximum Gasteiger partial charge on any atom is 0.340 e. The van der Waals surface area contributed by atoms with Gasteiger partial charge in [-0.25, -0.2) is 4.79 Å². The van der Waals surface area contributed by atoms with Crippen LogP contribution >= 0.6 is 0 Å². The molecule has 1 atom stereocenters. The minimum atomic E-state index is -0.655. The molecule has 7 heteroatoms. The first-order valence-corrected chi connectivity index (χ1v) is 9.63. The third kappa shape index (κ3) is 4.05. The second kappa shape index (κ2) is 8.53. The summed E-state index contributed by atoms with van der Waals surface area (Å²) in [5.41, 5.74) is 8.05. The van der Waals surface area contributed by atoms with Gasteiger partial charge in [-0.05, 0) is 33.5 Å². The molecule has 0 spiro atoms. The largest absolute Gasteiger partial charge is 0.462 e. The molecule has 0 amide bonds. The van der Waals surface area contributed by atoms with Crippen molar-refractivity contribution in [2.45, 2.75) is 26.3 Å². The molecular weight excluding hydrogens is 370 g/mol. The Morgan fingerprint density at radius 3 is 2.59 bits per heavy atom. The van der Waals surface area contributed by atoms with Gasteiger partial charge in [-0.3, -0.25) is 4.79 Å². The lowest BCUT2D eigenvalue weighted by molar-refractivity contribution is -0.139. The molecule has 2 N–H and O–H groups in total. The highest BCUT2D eigenvalue weighted by Crippen LogP contribution is 2.41. The number of likely N-dealkylation sites (N-methyl/N-ethyl adjacent to an activating group) is 1. The minimum absolute atomic E-state index is 0.0327. The van der Waals surface area contributed by atoms with Crippen LogP contribution in [0.25, 0.3) is 0 Å². The maximum atomic E-state index is 13.5. The summed E-state index contributed by atoms with van der Waals surface area (Å²) in [7, 11) is 3.91. The second-order valence-electron chi connectivity index (χ2n) is 7.27. The summed E-state index contributed by atoms with van der Waals surface area (Å²) in [5, 5.41) is 0. The summed E-state index contributed by atoms with van der Waals surface area (Å²) in [5.74, 6) is -0.885. The number of carbonyl (C=O) groups is 1. The van der Waals surface area contributed by atoms with Gasteiger partial charge in [0.25, 0.3) is 5.56 Å². The highest BCUT2D eigenvalue weighted by atomic mass is 16.5. The van der Waals surface area contributed by atoms with Crippen molar-refractivity contribution in [3.05, 3.63) is 75.0 Å². The van der Waals surface area contributed by atoms with E-state index < -0.39 is 11.9 Å². The molecule has 29 heavy (non-hydrogen) atoms. The van der Waals surface area contributed by atoms with Gasteiger partial charge in [-0.2, -0.15) is 0 Å². The van der Waals surface area contributed by atoms with E-state index in [4.69, 9.17) is 15.2 Å². The van der Waals surface area contributed by atoms with Crippen LogP contribution in [0.5, 0.6) is 5.75 Å². The fraction of sp³-hybridized carbons (Fsp3) is 0.364. The smallest absolute Gasteiger partial charge is 0.340 e. The van der Waals surface area contributed by atoms with E-state index in [1.807, 2.05) is 56.3 Å². The van der Waals surface area contributed by atoms with Crippen molar-refractivity contribution in [3.63, 3.8) is 0 Å². The number of aryl methyl sites for hydroxylation is 1. The predicted molar refractivity (Wildman–Crippen MR) is 111 cm³/mol. The van der Waals surface area contributed by atoms with Crippen LogP contribution in [-0.4, -0.2) is 42.7 Å². The first-order valence-electron chi connectivity index (χ1n) is 9.63. The van der Waals surface area contributed by atoms with Crippen LogP contribution in [0, 0.1) is 6.92 Å². The molecule has 2 heterocycles. The maximum absolute atomic E-state index is 13.5. The predicted octanol–water partition coefficient (Wildman–Crippen LogP) is 1.98. The van der Waals surface area contributed by atoms with Gasteiger partial charge in [0, 0.05) is 24.8 Å². The third-order valence-electron chi connectivity index (χ3n) is 4.97. The summed E-state index contributed by atoms with van der Waals surface area (Å²) >= 11 is 0. The molecule has 0 unspecified atom stereocenters. The highest BCUT2D eigenvalue weighted by molar-refractivity contribution is 5.92. The van der Waals surface area contributed by atoms with E-state index in [2.05, 4.69) is 0 Å². The highest BCUT2D eigenvalue weighted by Gasteiger charge is 2.38. The molecule has 1 aliphatic heterocycles. The SMILES string of the molecule is CCOC(=O)C1=C(N)Oc2cc(C)n(CCN(C)C)c(=O)c2[C@H]1c1ccccc1. The standard InChI is InChI=1S/C22H27N3O4/c1-5-28-22(27)19-17(15-9-7-6-8-10-15)18-16(29-20(19)23)13-14(2)25(21(18)26)12-11-24(3)4/h6-10,13,17H,5,11-12,23H2,1-4H3/t17-/m1/s1. The van der Waals surface area contributed by atoms with Gasteiger partial charge < -0.3 is 24.7 Å². The zero-order valence-electron chi connectivity index (χ0n) is 17.3. The normalized spacial score (nSPS) is 15.8. The summed E-state index contributed by atoms with van der Waals surface area (Å²) in [4.78, 5) is 28.2. The van der Waals surface area contributed by atoms with Crippen molar-refractivity contribution < 1.29 is 14.3 Å². The van der Waals surface area contributed by atoms with Crippen LogP contribution in [-0.2, 0) is 16.1 Å². The minimum Gasteiger partial charge on any atom is -0.462 e. The molecule has 154 valence electrons. The van der Waals surface area contributed by atoms with Gasteiger partial charge >= 0.3 is 5.97 Å². The van der Waals surface area contributed by atoms with Crippen LogP contribution in [0.3, 0.4) is 0 Å². The molecule has 1 aliphatic rings. The van der Waals surface area contributed by atoms with Crippen molar-refractivity contribution in [1.82, 2.24) is 9.47 Å². The van der Waals surface area contributed by atoms with Crippen LogP contribution in [0.4, 0.5) is 0 Å². The van der Waals surface area contributed by atoms with Gasteiger partial charge in [-0.15, -0.1) is 0 Å². The lowest BCUT2D eigenvalue weighted by Gasteiger charge is -2.29. The molecular formula is C22H27N3O4. The Balaban J connectivity index is 2.23. The van der Waals surface area contributed by atoms with Crippen LogP contribution in [0.2, 0.25) is 0 Å². The number of pyridine rings is 1. The number of rotatable bonds is 6. The van der Waals surface area contributed by atoms with Crippen molar-refractivity contribution in [2.75, 3.05) is 27.2 Å². The average Bonchev–Trinajstić information content (AvgIpc) is 2.67. The van der Waals surface area contributed by atoms with Gasteiger partial charge in [0.05, 0.1) is 18.1 Å². The number of ether oxygens (including phenoxy) is 2. The van der Waals surface area contributed by atoms with E-state index in [0.29, 0.717) is 24.4 Å². The number of nitrogens with zero attached hydrogens (tertiary/aromatic N) is 2. The summed E-state index contributed by atoms with van der Waals surface area (Å²) < 4.78 is 12.7. The van der Waals surface area contributed by atoms with E-state index in [-0.39, 0.29) is 23.6 Å². The molecule has 0 aliphatic carbocycles. The Hall–Kier alpha value is -3.06. The molecule has 0 radical (unpaired) electrons. The van der Waals surface area contributed by atoms with E-state index in [1.54, 1.807) is 17.6 Å². The Bertz CT molecular complexity index is 993. The van der Waals surface area contributed by atoms with Gasteiger partial charge in [-0.1, -0.05) is 30.3 Å². The van der Waals surface area contributed by atoms with Crippen LogP contribution in [0.1, 0.15) is 29.7 Å². The van der Waals surface area contributed by atoms with E-state index >= 15 is 0 Å². The molecule has 3 rings (SSSR count). The van der Waals surface area contributed by atoms with E-state index in [0.717, 1.165) is 11.3 Å². The Morgan fingerprint density at radius 2 is 1.97 bits per heavy atom. The number of carbonyl (C=O) groups excluding carboxylic acids is 1. The first kappa shape index (κ1) is 20.7. The fourth-order valence-corrected chi connectivity index (χ4v) is 3.55. The number of nitrogens with two attached hydrogens (primary N) is 1. The molecule has 7 nitrogen and oxygen atoms in total. The van der Waals surface area contributed by atoms with Gasteiger partial charge in [0.1, 0.15) is 11.3 Å². The molecule has 2 aromatic rings. The van der Waals surface area contributed by atoms with Gasteiger partial charge in [0.2, 0.25) is 5.88 Å². The number of fused-ring (bicyclic) bond motifs is 1. The van der Waals surface area contributed by atoms with Crippen LogP contribution in [0.15, 0.2) is 52.6 Å². The number of aromatic nitrogens is 1. The van der Waals surface area contributed by atoms with E-state index in [1.165, 1.54) is 0 Å². The second-order valence-corrected chi connectivity index (χ2v) is 7.27. The summed E-state index contributed by atoms with van der Waals surface area (Å²) in [6.07, 6.45) is 0. The quantitative estimate of drug-likeness (QED) is 0.750. The zero-order chi connectivity index (χ0) is 21.1. The number of hydrogen-bond donors (Lipinski definition) is 1. The van der Waals surface area contributed by atoms with Crippen LogP contribution < -0.4 is 16.0 Å². The Morgan fingerprint density at radius 1 is 1.28 bits per heavy atom. The molecule has 0 fully saturated rings. The molecule has 0 saturated carbocycles. The van der Waals surface area contributed by atoms with Crippen molar-refractivity contribution in [2.24, 2.45) is 5.73 Å². The zero-order valence-corrected chi connectivity index (χ0v) is 17.3. The summed E-state index contributed by atoms with van der Waals surface area (Å²) in [6.45, 7) is 5.02. The fourth-order valence-electron chi connectivity index (χ4n) is 3.55. The number of esters is 1. The summed E-state index contributed by atoms with van der Waals surface area (Å²) in [6, 6.07) is 11.2. The number of hydrogen-bond acceptors (Lipinski definition) is 6. The Labute approximate surface area is 170 Å². The molecule has 1 aromatic carbocycles. The topological polar surface area (TPSA) is 86.8 Å². The van der Waals surface area contributed by atoms with Crippen molar-refractivity contribution >= 4 is 5.97 Å². The van der Waals surface area contributed by atoms with Gasteiger partial charge in [0.15, 0.2) is 0 Å². The van der Waals surface area contributed by atoms with Crippen molar-refractivity contribution in [3.8, 4) is 5.75 Å². The monoisotopic (exact) mass is 397 g/mol. The lowest BCUT2D eigenvalue weighted by atomic mass is 9.83.